The van der Waals surface area contributed by atoms with Gasteiger partial charge in [0, 0.05) is 19.1 Å². The number of para-hydroxylation sites is 1. The molecule has 1 saturated heterocycles. The second-order valence-corrected chi connectivity index (χ2v) is 6.13. The third-order valence-electron chi connectivity index (χ3n) is 4.50. The number of hydrogen-bond donors (Lipinski definition) is 1. The molecule has 0 radical (unpaired) electrons. The van der Waals surface area contributed by atoms with Crippen molar-refractivity contribution in [2.45, 2.75) is 18.6 Å². The summed E-state index contributed by atoms with van der Waals surface area (Å²) in [6.45, 7) is 1.76. The molecule has 1 aliphatic rings. The predicted molar refractivity (Wildman–Crippen MR) is 94.6 cm³/mol. The van der Waals surface area contributed by atoms with Crippen molar-refractivity contribution in [3.05, 3.63) is 59.7 Å². The zero-order chi connectivity index (χ0) is 17.6. The van der Waals surface area contributed by atoms with Gasteiger partial charge >= 0.3 is 0 Å². The van der Waals surface area contributed by atoms with Crippen LogP contribution in [0.25, 0.3) is 0 Å². The first-order valence-corrected chi connectivity index (χ1v) is 8.39. The zero-order valence-electron chi connectivity index (χ0n) is 14.3. The largest absolute Gasteiger partial charge is 0.497 e. The van der Waals surface area contributed by atoms with E-state index in [1.165, 1.54) is 0 Å². The van der Waals surface area contributed by atoms with E-state index >= 15 is 0 Å². The molecule has 5 nitrogen and oxygen atoms in total. The third-order valence-corrected chi connectivity index (χ3v) is 4.50. The minimum absolute atomic E-state index is 0.139. The summed E-state index contributed by atoms with van der Waals surface area (Å²) in [4.78, 5) is 2.22. The molecule has 1 N–H and O–H groups in total. The quantitative estimate of drug-likeness (QED) is 0.877. The first kappa shape index (κ1) is 17.3. The van der Waals surface area contributed by atoms with Crippen LogP contribution in [0.1, 0.15) is 23.6 Å². The summed E-state index contributed by atoms with van der Waals surface area (Å²) in [6, 6.07) is 17.5. The van der Waals surface area contributed by atoms with Crippen LogP contribution in [0.2, 0.25) is 0 Å². The van der Waals surface area contributed by atoms with Crippen LogP contribution in [0.4, 0.5) is 0 Å². The van der Waals surface area contributed by atoms with Crippen LogP contribution in [0, 0.1) is 11.3 Å². The van der Waals surface area contributed by atoms with E-state index < -0.39 is 0 Å². The number of nitrogens with zero attached hydrogens (tertiary/aromatic N) is 2. The number of rotatable bonds is 6. The van der Waals surface area contributed by atoms with Crippen LogP contribution in [-0.2, 0) is 0 Å². The smallest absolute Gasteiger partial charge is 0.137 e. The molecule has 2 aromatic rings. The van der Waals surface area contributed by atoms with Gasteiger partial charge in [0.15, 0.2) is 0 Å². The average molecular weight is 338 g/mol. The monoisotopic (exact) mass is 338 g/mol. The maximum absolute atomic E-state index is 10.1. The summed E-state index contributed by atoms with van der Waals surface area (Å²) >= 11 is 0. The number of aliphatic hydroxyl groups is 1. The zero-order valence-corrected chi connectivity index (χ0v) is 14.3. The summed E-state index contributed by atoms with van der Waals surface area (Å²) in [5, 5.41) is 19.2. The Morgan fingerprint density at radius 2 is 2.08 bits per heavy atom. The van der Waals surface area contributed by atoms with Gasteiger partial charge in [0.1, 0.15) is 24.2 Å². The standard InChI is InChI=1S/C20H22N2O3/c1-24-18-7-4-6-15(11-18)19-12-17(23)14-22(19)9-10-25-20-8-3-2-5-16(20)13-21/h2-8,11,17,19,23H,9-10,12,14H2,1H3/t17-,19+/m1/s1. The molecule has 0 aromatic heterocycles. The van der Waals surface area contributed by atoms with Crippen molar-refractivity contribution in [3.8, 4) is 17.6 Å². The van der Waals surface area contributed by atoms with Gasteiger partial charge in [0.25, 0.3) is 0 Å². The highest BCUT2D eigenvalue weighted by Crippen LogP contribution is 2.33. The summed E-state index contributed by atoms with van der Waals surface area (Å²) in [6.07, 6.45) is 0.352. The van der Waals surface area contributed by atoms with Crippen molar-refractivity contribution >= 4 is 0 Å². The van der Waals surface area contributed by atoms with Gasteiger partial charge in [-0.3, -0.25) is 4.90 Å². The van der Waals surface area contributed by atoms with Crippen LogP contribution >= 0.6 is 0 Å². The molecule has 0 spiro atoms. The molecule has 2 atom stereocenters. The molecule has 1 aliphatic heterocycles. The molecular weight excluding hydrogens is 316 g/mol. The van der Waals surface area contributed by atoms with E-state index in [1.54, 1.807) is 19.2 Å². The third kappa shape index (κ3) is 4.11. The van der Waals surface area contributed by atoms with E-state index in [4.69, 9.17) is 14.7 Å². The lowest BCUT2D eigenvalue weighted by Gasteiger charge is -2.24. The number of methoxy groups -OCH3 is 1. The SMILES string of the molecule is COc1cccc([C@@H]2C[C@@H](O)CN2CCOc2ccccc2C#N)c1. The highest BCUT2D eigenvalue weighted by Gasteiger charge is 2.31. The highest BCUT2D eigenvalue weighted by atomic mass is 16.5. The fraction of sp³-hybridized carbons (Fsp3) is 0.350. The Kier molecular flexibility index (Phi) is 5.54. The Labute approximate surface area is 148 Å². The van der Waals surface area contributed by atoms with Crippen molar-refractivity contribution in [1.29, 1.82) is 5.26 Å². The molecule has 2 aromatic carbocycles. The minimum Gasteiger partial charge on any atom is -0.497 e. The fourth-order valence-corrected chi connectivity index (χ4v) is 3.28. The summed E-state index contributed by atoms with van der Waals surface area (Å²) in [5.74, 6) is 1.42. The Morgan fingerprint density at radius 1 is 1.24 bits per heavy atom. The lowest BCUT2D eigenvalue weighted by molar-refractivity contribution is 0.161. The maximum Gasteiger partial charge on any atom is 0.137 e. The Balaban J connectivity index is 1.65. The van der Waals surface area contributed by atoms with Crippen molar-refractivity contribution in [3.63, 3.8) is 0 Å². The van der Waals surface area contributed by atoms with E-state index in [0.29, 0.717) is 37.4 Å². The van der Waals surface area contributed by atoms with E-state index in [1.807, 2.05) is 30.3 Å². The van der Waals surface area contributed by atoms with Crippen LogP contribution < -0.4 is 9.47 Å². The number of aliphatic hydroxyl groups excluding tert-OH is 1. The van der Waals surface area contributed by atoms with Crippen LogP contribution in [-0.4, -0.2) is 42.9 Å². The number of β-amino-alcohol motifs (C(OH)–C–C–N with tert-alkyl or cyclic N) is 1. The van der Waals surface area contributed by atoms with Gasteiger partial charge in [0.05, 0.1) is 18.8 Å². The summed E-state index contributed by atoms with van der Waals surface area (Å²) < 4.78 is 11.1. The number of hydrogen-bond acceptors (Lipinski definition) is 5. The second-order valence-electron chi connectivity index (χ2n) is 6.13. The highest BCUT2D eigenvalue weighted by molar-refractivity contribution is 5.42. The van der Waals surface area contributed by atoms with Gasteiger partial charge in [-0.15, -0.1) is 0 Å². The normalized spacial score (nSPS) is 20.2. The number of nitriles is 1. The Bertz CT molecular complexity index is 757. The van der Waals surface area contributed by atoms with Crippen molar-refractivity contribution < 1.29 is 14.6 Å². The summed E-state index contributed by atoms with van der Waals surface area (Å²) in [7, 11) is 1.65. The molecule has 5 heteroatoms. The van der Waals surface area contributed by atoms with E-state index in [9.17, 15) is 5.11 Å². The molecule has 1 heterocycles. The Morgan fingerprint density at radius 3 is 2.88 bits per heavy atom. The fourth-order valence-electron chi connectivity index (χ4n) is 3.28. The molecule has 3 rings (SSSR count). The van der Waals surface area contributed by atoms with E-state index in [0.717, 1.165) is 11.3 Å². The molecule has 0 bridgehead atoms. The molecule has 0 aliphatic carbocycles. The van der Waals surface area contributed by atoms with Crippen LogP contribution in [0.3, 0.4) is 0 Å². The molecule has 0 unspecified atom stereocenters. The van der Waals surface area contributed by atoms with Crippen molar-refractivity contribution in [2.75, 3.05) is 26.8 Å². The minimum atomic E-state index is -0.345. The predicted octanol–water partition coefficient (Wildman–Crippen LogP) is 2.75. The number of likely N-dealkylation sites (tertiary alicyclic amines) is 1. The second kappa shape index (κ2) is 8.02. The van der Waals surface area contributed by atoms with Gasteiger partial charge in [-0.1, -0.05) is 24.3 Å². The molecule has 130 valence electrons. The molecule has 1 fully saturated rings. The van der Waals surface area contributed by atoms with E-state index in [2.05, 4.69) is 17.0 Å². The molecule has 0 amide bonds. The van der Waals surface area contributed by atoms with Gasteiger partial charge in [-0.05, 0) is 36.2 Å². The number of ether oxygens (including phenoxy) is 2. The van der Waals surface area contributed by atoms with Crippen molar-refractivity contribution in [2.24, 2.45) is 0 Å². The molecular formula is C20H22N2O3. The van der Waals surface area contributed by atoms with Crippen molar-refractivity contribution in [1.82, 2.24) is 4.90 Å². The van der Waals surface area contributed by atoms with Gasteiger partial charge in [-0.25, -0.2) is 0 Å². The summed E-state index contributed by atoms with van der Waals surface area (Å²) in [5.41, 5.74) is 1.67. The maximum atomic E-state index is 10.1. The van der Waals surface area contributed by atoms with Crippen LogP contribution in [0.5, 0.6) is 11.5 Å². The first-order chi connectivity index (χ1) is 12.2. The number of benzene rings is 2. The van der Waals surface area contributed by atoms with Gasteiger partial charge < -0.3 is 14.6 Å². The molecule has 25 heavy (non-hydrogen) atoms. The Hall–Kier alpha value is -2.55. The lowest BCUT2D eigenvalue weighted by atomic mass is 10.0. The van der Waals surface area contributed by atoms with Crippen LogP contribution in [0.15, 0.2) is 48.5 Å². The average Bonchev–Trinajstić information content (AvgIpc) is 3.03. The van der Waals surface area contributed by atoms with E-state index in [-0.39, 0.29) is 12.1 Å². The molecule has 0 saturated carbocycles. The topological polar surface area (TPSA) is 65.7 Å². The lowest BCUT2D eigenvalue weighted by Crippen LogP contribution is -2.29. The van der Waals surface area contributed by atoms with Gasteiger partial charge in [0.2, 0.25) is 0 Å². The van der Waals surface area contributed by atoms with Gasteiger partial charge in [-0.2, -0.15) is 5.26 Å². The first-order valence-electron chi connectivity index (χ1n) is 8.39.